The van der Waals surface area contributed by atoms with Gasteiger partial charge in [0.15, 0.2) is 0 Å². The number of benzene rings is 2. The zero-order valence-corrected chi connectivity index (χ0v) is 16.4. The van der Waals surface area contributed by atoms with Crippen molar-refractivity contribution < 1.29 is 13.9 Å². The van der Waals surface area contributed by atoms with Gasteiger partial charge in [0.25, 0.3) is 0 Å². The van der Waals surface area contributed by atoms with Crippen LogP contribution in [0.4, 0.5) is 4.39 Å². The van der Waals surface area contributed by atoms with Crippen LogP contribution in [0.15, 0.2) is 54.6 Å². The topological polar surface area (TPSA) is 41.6 Å². The number of piperidine rings is 1. The third kappa shape index (κ3) is 6.14. The number of nitrogens with one attached hydrogen (secondary N) is 1. The van der Waals surface area contributed by atoms with E-state index >= 15 is 0 Å². The summed E-state index contributed by atoms with van der Waals surface area (Å²) in [6.45, 7) is 3.42. The first-order valence-corrected chi connectivity index (χ1v) is 9.95. The molecule has 4 nitrogen and oxygen atoms in total. The van der Waals surface area contributed by atoms with Crippen molar-refractivity contribution in [2.75, 3.05) is 33.3 Å². The van der Waals surface area contributed by atoms with E-state index < -0.39 is 0 Å². The second-order valence-electron chi connectivity index (χ2n) is 7.57. The highest BCUT2D eigenvalue weighted by Crippen LogP contribution is 2.19. The van der Waals surface area contributed by atoms with E-state index in [0.717, 1.165) is 37.1 Å². The lowest BCUT2D eigenvalue weighted by molar-refractivity contribution is -0.126. The van der Waals surface area contributed by atoms with E-state index in [1.165, 1.54) is 12.1 Å². The van der Waals surface area contributed by atoms with Crippen molar-refractivity contribution in [2.45, 2.75) is 25.4 Å². The Bertz CT molecular complexity index is 728. The molecule has 0 radical (unpaired) electrons. The Morgan fingerprint density at radius 2 is 1.82 bits per heavy atom. The number of nitrogens with zero attached hydrogens (tertiary/aromatic N) is 1. The highest BCUT2D eigenvalue weighted by molar-refractivity contribution is 5.78. The van der Waals surface area contributed by atoms with Gasteiger partial charge < -0.3 is 15.0 Å². The lowest BCUT2D eigenvalue weighted by Gasteiger charge is -2.28. The Hall–Kier alpha value is -2.24. The van der Waals surface area contributed by atoms with E-state index in [-0.39, 0.29) is 23.6 Å². The third-order valence-corrected chi connectivity index (χ3v) is 5.38. The Morgan fingerprint density at radius 3 is 2.50 bits per heavy atom. The van der Waals surface area contributed by atoms with Gasteiger partial charge >= 0.3 is 0 Å². The molecule has 1 aliphatic rings. The molecule has 1 heterocycles. The van der Waals surface area contributed by atoms with Gasteiger partial charge in [0.05, 0.1) is 13.2 Å². The fraction of sp³-hybridized carbons (Fsp3) is 0.435. The van der Waals surface area contributed by atoms with Crippen molar-refractivity contribution in [1.29, 1.82) is 0 Å². The molecular formula is C23H29FN2O2. The molecule has 1 atom stereocenters. The average molecular weight is 384 g/mol. The van der Waals surface area contributed by atoms with Gasteiger partial charge in [0, 0.05) is 18.4 Å². The molecule has 28 heavy (non-hydrogen) atoms. The summed E-state index contributed by atoms with van der Waals surface area (Å²) in [5.41, 5.74) is 2.08. The highest BCUT2D eigenvalue weighted by Gasteiger charge is 2.24. The fourth-order valence-corrected chi connectivity index (χ4v) is 3.54. The molecule has 5 heteroatoms. The van der Waals surface area contributed by atoms with E-state index in [0.29, 0.717) is 19.8 Å². The maximum absolute atomic E-state index is 13.0. The van der Waals surface area contributed by atoms with Gasteiger partial charge in [0.2, 0.25) is 5.91 Å². The molecule has 1 fully saturated rings. The van der Waals surface area contributed by atoms with Crippen molar-refractivity contribution >= 4 is 5.91 Å². The number of hydrogen-bond donors (Lipinski definition) is 1. The SMILES string of the molecule is CN1CCC(C(=O)NCC(COCc2ccc(F)cc2)c2ccccc2)CC1. The molecule has 1 N–H and O–H groups in total. The summed E-state index contributed by atoms with van der Waals surface area (Å²) in [6.07, 6.45) is 1.83. The standard InChI is InChI=1S/C23H29FN2O2/c1-26-13-11-20(12-14-26)23(27)25-15-21(19-5-3-2-4-6-19)17-28-16-18-7-9-22(24)10-8-18/h2-10,20-21H,11-17H2,1H3,(H,25,27). The summed E-state index contributed by atoms with van der Waals surface area (Å²) < 4.78 is 18.9. The minimum absolute atomic E-state index is 0.0804. The Kier molecular flexibility index (Phi) is 7.57. The molecule has 1 amide bonds. The summed E-state index contributed by atoms with van der Waals surface area (Å²) in [7, 11) is 2.10. The van der Waals surface area contributed by atoms with Gasteiger partial charge in [-0.1, -0.05) is 42.5 Å². The third-order valence-electron chi connectivity index (χ3n) is 5.38. The minimum atomic E-state index is -0.248. The summed E-state index contributed by atoms with van der Waals surface area (Å²) in [5.74, 6) is 0.0831. The van der Waals surface area contributed by atoms with Crippen molar-refractivity contribution in [3.05, 3.63) is 71.5 Å². The van der Waals surface area contributed by atoms with Gasteiger partial charge in [-0.05, 0) is 56.2 Å². The number of hydrogen-bond acceptors (Lipinski definition) is 3. The number of carbonyl (C=O) groups is 1. The first-order valence-electron chi connectivity index (χ1n) is 9.95. The van der Waals surface area contributed by atoms with Crippen LogP contribution in [0.25, 0.3) is 0 Å². The van der Waals surface area contributed by atoms with Gasteiger partial charge in [-0.15, -0.1) is 0 Å². The zero-order valence-electron chi connectivity index (χ0n) is 16.4. The smallest absolute Gasteiger partial charge is 0.223 e. The molecule has 2 aromatic rings. The van der Waals surface area contributed by atoms with E-state index in [1.807, 2.05) is 18.2 Å². The lowest BCUT2D eigenvalue weighted by atomic mass is 9.95. The van der Waals surface area contributed by atoms with Crippen LogP contribution < -0.4 is 5.32 Å². The van der Waals surface area contributed by atoms with Crippen LogP contribution in [0.1, 0.15) is 29.9 Å². The fourth-order valence-electron chi connectivity index (χ4n) is 3.54. The van der Waals surface area contributed by atoms with Crippen LogP contribution in [-0.4, -0.2) is 44.1 Å². The summed E-state index contributed by atoms with van der Waals surface area (Å²) >= 11 is 0. The summed E-state index contributed by atoms with van der Waals surface area (Å²) in [6, 6.07) is 16.5. The molecular weight excluding hydrogens is 355 g/mol. The van der Waals surface area contributed by atoms with Gasteiger partial charge in [0.1, 0.15) is 5.82 Å². The Balaban J connectivity index is 1.53. The molecule has 0 aromatic heterocycles. The van der Waals surface area contributed by atoms with E-state index in [1.54, 1.807) is 12.1 Å². The average Bonchev–Trinajstić information content (AvgIpc) is 2.73. The second-order valence-corrected chi connectivity index (χ2v) is 7.57. The molecule has 2 aromatic carbocycles. The highest BCUT2D eigenvalue weighted by atomic mass is 19.1. The summed E-state index contributed by atoms with van der Waals surface area (Å²) in [5, 5.41) is 3.13. The minimum Gasteiger partial charge on any atom is -0.376 e. The Morgan fingerprint density at radius 1 is 1.14 bits per heavy atom. The van der Waals surface area contributed by atoms with Crippen LogP contribution in [0.5, 0.6) is 0 Å². The molecule has 150 valence electrons. The Labute approximate surface area is 166 Å². The predicted molar refractivity (Wildman–Crippen MR) is 108 cm³/mol. The maximum atomic E-state index is 13.0. The number of rotatable bonds is 8. The molecule has 0 spiro atoms. The van der Waals surface area contributed by atoms with E-state index in [2.05, 4.69) is 29.4 Å². The van der Waals surface area contributed by atoms with E-state index in [9.17, 15) is 9.18 Å². The lowest BCUT2D eigenvalue weighted by Crippen LogP contribution is -2.40. The van der Waals surface area contributed by atoms with Crippen molar-refractivity contribution in [3.63, 3.8) is 0 Å². The maximum Gasteiger partial charge on any atom is 0.223 e. The van der Waals surface area contributed by atoms with Crippen LogP contribution in [0.2, 0.25) is 0 Å². The molecule has 1 unspecified atom stereocenters. The quantitative estimate of drug-likeness (QED) is 0.756. The second kappa shape index (κ2) is 10.3. The number of halogens is 1. The van der Waals surface area contributed by atoms with Gasteiger partial charge in [-0.3, -0.25) is 4.79 Å². The number of ether oxygens (including phenoxy) is 1. The van der Waals surface area contributed by atoms with Crippen molar-refractivity contribution in [2.24, 2.45) is 5.92 Å². The van der Waals surface area contributed by atoms with Crippen LogP contribution in [0.3, 0.4) is 0 Å². The molecule has 1 aliphatic heterocycles. The zero-order chi connectivity index (χ0) is 19.8. The number of carbonyl (C=O) groups excluding carboxylic acids is 1. The molecule has 1 saturated heterocycles. The first-order chi connectivity index (χ1) is 13.6. The number of amides is 1. The van der Waals surface area contributed by atoms with E-state index in [4.69, 9.17) is 4.74 Å². The van der Waals surface area contributed by atoms with Crippen LogP contribution in [-0.2, 0) is 16.1 Å². The number of likely N-dealkylation sites (tertiary alicyclic amines) is 1. The monoisotopic (exact) mass is 384 g/mol. The first kappa shape index (κ1) is 20.5. The molecule has 3 rings (SSSR count). The van der Waals surface area contributed by atoms with Crippen molar-refractivity contribution in [3.8, 4) is 0 Å². The molecule has 0 bridgehead atoms. The molecule has 0 aliphatic carbocycles. The summed E-state index contributed by atoms with van der Waals surface area (Å²) in [4.78, 5) is 14.8. The van der Waals surface area contributed by atoms with Crippen LogP contribution in [0, 0.1) is 11.7 Å². The van der Waals surface area contributed by atoms with Gasteiger partial charge in [-0.25, -0.2) is 4.39 Å². The predicted octanol–water partition coefficient (Wildman–Crippen LogP) is 3.58. The largest absolute Gasteiger partial charge is 0.376 e. The normalized spacial score (nSPS) is 16.6. The van der Waals surface area contributed by atoms with Gasteiger partial charge in [-0.2, -0.15) is 0 Å². The van der Waals surface area contributed by atoms with Crippen molar-refractivity contribution in [1.82, 2.24) is 10.2 Å². The van der Waals surface area contributed by atoms with Crippen LogP contribution >= 0.6 is 0 Å². The molecule has 0 saturated carbocycles.